The third-order valence-electron chi connectivity index (χ3n) is 6.37. The van der Waals surface area contributed by atoms with Crippen molar-refractivity contribution in [3.05, 3.63) is 83.8 Å². The molecular formula is C25H25N3O5S. The first-order valence-corrected chi connectivity index (χ1v) is 12.6. The normalized spacial score (nSPS) is 18.1. The summed E-state index contributed by atoms with van der Waals surface area (Å²) in [6.45, 7) is 3.37. The fourth-order valence-corrected chi connectivity index (χ4v) is 6.40. The number of rotatable bonds is 4. The maximum Gasteiger partial charge on any atom is 0.289 e. The highest BCUT2D eigenvalue weighted by Gasteiger charge is 2.36. The van der Waals surface area contributed by atoms with Crippen molar-refractivity contribution in [3.63, 3.8) is 0 Å². The number of fused-ring (bicyclic) bond motifs is 1. The van der Waals surface area contributed by atoms with E-state index in [2.05, 4.69) is 0 Å². The van der Waals surface area contributed by atoms with Crippen molar-refractivity contribution >= 4 is 27.5 Å². The smallest absolute Gasteiger partial charge is 0.289 e. The minimum atomic E-state index is -3.83. The lowest BCUT2D eigenvalue weighted by Crippen LogP contribution is -2.50. The van der Waals surface area contributed by atoms with E-state index in [0.717, 1.165) is 5.56 Å². The molecule has 1 saturated heterocycles. The summed E-state index contributed by atoms with van der Waals surface area (Å²) in [6.07, 6.45) is 2.10. The number of amides is 2. The molecule has 3 heterocycles. The van der Waals surface area contributed by atoms with E-state index in [1.165, 1.54) is 22.7 Å². The monoisotopic (exact) mass is 479 g/mol. The van der Waals surface area contributed by atoms with Crippen molar-refractivity contribution in [2.24, 2.45) is 0 Å². The molecule has 1 unspecified atom stereocenters. The molecule has 1 fully saturated rings. The van der Waals surface area contributed by atoms with Gasteiger partial charge in [0.05, 0.1) is 16.8 Å². The Kier molecular flexibility index (Phi) is 5.65. The van der Waals surface area contributed by atoms with Crippen LogP contribution < -0.4 is 4.31 Å². The Morgan fingerprint density at radius 2 is 1.59 bits per heavy atom. The van der Waals surface area contributed by atoms with Crippen LogP contribution in [0.3, 0.4) is 0 Å². The van der Waals surface area contributed by atoms with Gasteiger partial charge in [0.1, 0.15) is 0 Å². The summed E-state index contributed by atoms with van der Waals surface area (Å²) < 4.78 is 33.7. The summed E-state index contributed by atoms with van der Waals surface area (Å²) in [5.74, 6) is -0.183. The Balaban J connectivity index is 1.33. The number of carbonyl (C=O) groups excluding carboxylic acids is 2. The Hall–Kier alpha value is -3.59. The molecule has 3 aromatic rings. The number of piperazine rings is 1. The summed E-state index contributed by atoms with van der Waals surface area (Å²) in [5.41, 5.74) is 1.99. The zero-order valence-electron chi connectivity index (χ0n) is 18.8. The SMILES string of the molecule is CC1Cc2ccccc2N1S(=O)(=O)c1cccc(C(=O)N2CCN(C(=O)c3ccco3)CC2)c1. The number of anilines is 1. The molecule has 1 aromatic heterocycles. The van der Waals surface area contributed by atoms with Crippen LogP contribution in [0.1, 0.15) is 33.4 Å². The van der Waals surface area contributed by atoms with Gasteiger partial charge in [0.25, 0.3) is 21.8 Å². The van der Waals surface area contributed by atoms with Crippen molar-refractivity contribution in [1.29, 1.82) is 0 Å². The lowest BCUT2D eigenvalue weighted by molar-refractivity contribution is 0.0518. The first kappa shape index (κ1) is 22.2. The van der Waals surface area contributed by atoms with Crippen LogP contribution in [0.15, 0.2) is 76.2 Å². The van der Waals surface area contributed by atoms with Crippen molar-refractivity contribution < 1.29 is 22.4 Å². The fraction of sp³-hybridized carbons (Fsp3) is 0.280. The lowest BCUT2D eigenvalue weighted by Gasteiger charge is -2.34. The second kappa shape index (κ2) is 8.64. The molecule has 0 radical (unpaired) electrons. The van der Waals surface area contributed by atoms with Gasteiger partial charge in [0, 0.05) is 37.8 Å². The molecule has 0 saturated carbocycles. The molecule has 0 N–H and O–H groups in total. The third-order valence-corrected chi connectivity index (χ3v) is 8.29. The minimum Gasteiger partial charge on any atom is -0.459 e. The van der Waals surface area contributed by atoms with E-state index < -0.39 is 10.0 Å². The zero-order valence-corrected chi connectivity index (χ0v) is 19.6. The molecule has 0 spiro atoms. The van der Waals surface area contributed by atoms with Crippen LogP contribution in [0.5, 0.6) is 0 Å². The molecule has 2 aliphatic rings. The van der Waals surface area contributed by atoms with E-state index in [1.807, 2.05) is 31.2 Å². The number of para-hydroxylation sites is 1. The predicted molar refractivity (Wildman–Crippen MR) is 126 cm³/mol. The van der Waals surface area contributed by atoms with Crippen LogP contribution in [0.25, 0.3) is 0 Å². The van der Waals surface area contributed by atoms with E-state index in [-0.39, 0.29) is 28.5 Å². The topological polar surface area (TPSA) is 91.1 Å². The summed E-state index contributed by atoms with van der Waals surface area (Å²) >= 11 is 0. The number of carbonyl (C=O) groups is 2. The first-order valence-electron chi connectivity index (χ1n) is 11.2. The fourth-order valence-electron chi connectivity index (χ4n) is 4.66. The molecular weight excluding hydrogens is 454 g/mol. The van der Waals surface area contributed by atoms with Crippen molar-refractivity contribution in [2.75, 3.05) is 30.5 Å². The van der Waals surface area contributed by atoms with Gasteiger partial charge in [0.15, 0.2) is 5.76 Å². The van der Waals surface area contributed by atoms with E-state index in [0.29, 0.717) is 43.9 Å². The molecule has 2 aromatic carbocycles. The van der Waals surface area contributed by atoms with Crippen LogP contribution in [0.2, 0.25) is 0 Å². The molecule has 176 valence electrons. The number of nitrogens with zero attached hydrogens (tertiary/aromatic N) is 3. The number of sulfonamides is 1. The van der Waals surface area contributed by atoms with E-state index in [4.69, 9.17) is 4.42 Å². The van der Waals surface area contributed by atoms with Gasteiger partial charge in [-0.2, -0.15) is 0 Å². The Morgan fingerprint density at radius 3 is 2.29 bits per heavy atom. The number of hydrogen-bond acceptors (Lipinski definition) is 5. The van der Waals surface area contributed by atoms with Crippen LogP contribution in [0, 0.1) is 0 Å². The molecule has 2 aliphatic heterocycles. The van der Waals surface area contributed by atoms with Gasteiger partial charge in [-0.05, 0) is 55.3 Å². The van der Waals surface area contributed by atoms with Crippen LogP contribution in [0.4, 0.5) is 5.69 Å². The summed E-state index contributed by atoms with van der Waals surface area (Å²) in [6, 6.07) is 16.8. The van der Waals surface area contributed by atoms with E-state index in [9.17, 15) is 18.0 Å². The first-order chi connectivity index (χ1) is 16.4. The zero-order chi connectivity index (χ0) is 23.9. The van der Waals surface area contributed by atoms with Crippen molar-refractivity contribution in [3.8, 4) is 0 Å². The van der Waals surface area contributed by atoms with E-state index in [1.54, 1.807) is 34.1 Å². The Morgan fingerprint density at radius 1 is 0.882 bits per heavy atom. The highest BCUT2D eigenvalue weighted by atomic mass is 32.2. The van der Waals surface area contributed by atoms with E-state index >= 15 is 0 Å². The highest BCUT2D eigenvalue weighted by molar-refractivity contribution is 7.92. The Labute approximate surface area is 198 Å². The van der Waals surface area contributed by atoms with Gasteiger partial charge in [-0.1, -0.05) is 24.3 Å². The van der Waals surface area contributed by atoms with Gasteiger partial charge in [-0.3, -0.25) is 13.9 Å². The van der Waals surface area contributed by atoms with Crippen molar-refractivity contribution in [1.82, 2.24) is 9.80 Å². The summed E-state index contributed by atoms with van der Waals surface area (Å²) in [4.78, 5) is 29.0. The average molecular weight is 480 g/mol. The molecule has 8 nitrogen and oxygen atoms in total. The largest absolute Gasteiger partial charge is 0.459 e. The van der Waals surface area contributed by atoms with Crippen LogP contribution in [-0.2, 0) is 16.4 Å². The summed E-state index contributed by atoms with van der Waals surface area (Å²) in [5, 5.41) is 0. The standard InChI is InChI=1S/C25H25N3O5S/c1-18-16-19-6-2-3-9-22(19)28(18)34(31,32)21-8-4-7-20(17-21)24(29)26-11-13-27(14-12-26)25(30)23-10-5-15-33-23/h2-10,15,17-18H,11-14,16H2,1H3. The summed E-state index contributed by atoms with van der Waals surface area (Å²) in [7, 11) is -3.83. The quantitative estimate of drug-likeness (QED) is 0.574. The molecule has 34 heavy (non-hydrogen) atoms. The molecule has 0 aliphatic carbocycles. The van der Waals surface area contributed by atoms with Gasteiger partial charge in [0.2, 0.25) is 0 Å². The second-order valence-electron chi connectivity index (χ2n) is 8.57. The molecule has 5 rings (SSSR count). The molecule has 2 amide bonds. The lowest BCUT2D eigenvalue weighted by atomic mass is 10.1. The Bertz CT molecular complexity index is 1330. The third kappa shape index (κ3) is 3.86. The number of benzene rings is 2. The minimum absolute atomic E-state index is 0.0912. The van der Waals surface area contributed by atoms with Crippen LogP contribution >= 0.6 is 0 Å². The second-order valence-corrected chi connectivity index (χ2v) is 10.4. The van der Waals surface area contributed by atoms with Gasteiger partial charge < -0.3 is 14.2 Å². The van der Waals surface area contributed by atoms with Crippen molar-refractivity contribution in [2.45, 2.75) is 24.3 Å². The average Bonchev–Trinajstić information content (AvgIpc) is 3.51. The molecule has 0 bridgehead atoms. The number of furan rings is 1. The maximum atomic E-state index is 13.5. The maximum absolute atomic E-state index is 13.5. The molecule has 1 atom stereocenters. The molecule has 9 heteroatoms. The van der Waals surface area contributed by atoms with Gasteiger partial charge in [-0.15, -0.1) is 0 Å². The van der Waals surface area contributed by atoms with Gasteiger partial charge >= 0.3 is 0 Å². The predicted octanol–water partition coefficient (Wildman–Crippen LogP) is 3.02. The van der Waals surface area contributed by atoms with Crippen LogP contribution in [-0.4, -0.2) is 62.3 Å². The number of hydrogen-bond donors (Lipinski definition) is 0. The van der Waals surface area contributed by atoms with Gasteiger partial charge in [-0.25, -0.2) is 8.42 Å². The highest BCUT2D eigenvalue weighted by Crippen LogP contribution is 2.36.